The highest BCUT2D eigenvalue weighted by molar-refractivity contribution is 5.37. The van der Waals surface area contributed by atoms with E-state index in [9.17, 15) is 0 Å². The highest BCUT2D eigenvalue weighted by Crippen LogP contribution is 2.33. The first-order valence-corrected chi connectivity index (χ1v) is 6.19. The van der Waals surface area contributed by atoms with Crippen LogP contribution in [0.4, 0.5) is 0 Å². The van der Waals surface area contributed by atoms with E-state index in [1.165, 1.54) is 0 Å². The van der Waals surface area contributed by atoms with Crippen LogP contribution in [0.15, 0.2) is 24.3 Å². The molecule has 0 aliphatic heterocycles. The first kappa shape index (κ1) is 15.0. The number of methoxy groups -OCH3 is 1. The zero-order valence-corrected chi connectivity index (χ0v) is 11.9. The van der Waals surface area contributed by atoms with Gasteiger partial charge >= 0.3 is 0 Å². The van der Waals surface area contributed by atoms with E-state index in [1.807, 2.05) is 52.0 Å². The molecule has 0 saturated carbocycles. The second kappa shape index (κ2) is 6.18. The van der Waals surface area contributed by atoms with Crippen LogP contribution in [-0.4, -0.2) is 18.8 Å². The number of hydrogen-bond donors (Lipinski definition) is 2. The van der Waals surface area contributed by atoms with Crippen molar-refractivity contribution in [2.75, 3.05) is 7.11 Å². The fourth-order valence-electron chi connectivity index (χ4n) is 1.86. The Balaban J connectivity index is 3.13. The molecule has 1 aromatic carbocycles. The minimum Gasteiger partial charge on any atom is -0.491 e. The van der Waals surface area contributed by atoms with Gasteiger partial charge in [0.05, 0.1) is 17.7 Å². The quantitative estimate of drug-likeness (QED) is 0.603. The Bertz CT molecular complexity index is 378. The largest absolute Gasteiger partial charge is 0.491 e. The number of para-hydroxylation sites is 1. The summed E-state index contributed by atoms with van der Waals surface area (Å²) in [5, 5.41) is 0. The Labute approximate surface area is 109 Å². The van der Waals surface area contributed by atoms with Gasteiger partial charge in [-0.2, -0.15) is 0 Å². The molecule has 1 rings (SSSR count). The molecule has 18 heavy (non-hydrogen) atoms. The maximum absolute atomic E-state index is 5.82. The smallest absolute Gasteiger partial charge is 0.124 e. The van der Waals surface area contributed by atoms with E-state index in [2.05, 4.69) is 5.43 Å². The van der Waals surface area contributed by atoms with Crippen LogP contribution in [0.25, 0.3) is 0 Å². The Morgan fingerprint density at radius 2 is 1.83 bits per heavy atom. The summed E-state index contributed by atoms with van der Waals surface area (Å²) in [7, 11) is 1.68. The van der Waals surface area contributed by atoms with E-state index in [0.29, 0.717) is 0 Å². The Kier molecular flexibility index (Phi) is 5.14. The van der Waals surface area contributed by atoms with Gasteiger partial charge in [0, 0.05) is 12.7 Å². The Morgan fingerprint density at radius 1 is 1.22 bits per heavy atom. The fraction of sp³-hybridized carbons (Fsp3) is 0.571. The average Bonchev–Trinajstić information content (AvgIpc) is 2.31. The molecule has 0 heterocycles. The van der Waals surface area contributed by atoms with Crippen LogP contribution in [0.5, 0.6) is 5.75 Å². The van der Waals surface area contributed by atoms with Gasteiger partial charge in [-0.3, -0.25) is 5.84 Å². The molecule has 102 valence electrons. The highest BCUT2D eigenvalue weighted by Gasteiger charge is 2.32. The van der Waals surface area contributed by atoms with Crippen LogP contribution in [0.1, 0.15) is 39.3 Å². The summed E-state index contributed by atoms with van der Waals surface area (Å²) in [6.45, 7) is 7.99. The van der Waals surface area contributed by atoms with Crippen LogP contribution in [-0.2, 0) is 4.74 Å². The first-order chi connectivity index (χ1) is 8.42. The molecule has 0 aliphatic carbocycles. The van der Waals surface area contributed by atoms with Crippen LogP contribution >= 0.6 is 0 Å². The number of nitrogens with two attached hydrogens (primary N) is 1. The molecule has 3 N–H and O–H groups in total. The van der Waals surface area contributed by atoms with Gasteiger partial charge in [-0.25, -0.2) is 5.43 Å². The highest BCUT2D eigenvalue weighted by atomic mass is 16.5. The van der Waals surface area contributed by atoms with E-state index in [4.69, 9.17) is 15.3 Å². The number of benzene rings is 1. The average molecular weight is 252 g/mol. The Hall–Kier alpha value is -1.10. The second-order valence-electron chi connectivity index (χ2n) is 5.11. The third kappa shape index (κ3) is 3.45. The molecule has 0 fully saturated rings. The van der Waals surface area contributed by atoms with Crippen molar-refractivity contribution in [3.05, 3.63) is 29.8 Å². The Morgan fingerprint density at radius 3 is 2.33 bits per heavy atom. The molecule has 0 radical (unpaired) electrons. The van der Waals surface area contributed by atoms with Crippen LogP contribution in [0.3, 0.4) is 0 Å². The summed E-state index contributed by atoms with van der Waals surface area (Å²) in [5.74, 6) is 6.51. The minimum atomic E-state index is -0.425. The maximum atomic E-state index is 5.82. The fourth-order valence-corrected chi connectivity index (χ4v) is 1.86. The number of rotatable bonds is 6. The standard InChI is InChI=1S/C14H24N2O2/c1-10(2)18-12-9-7-6-8-11(12)13(16-15)14(3,4)17-5/h6-10,13,16H,15H2,1-5H3. The van der Waals surface area contributed by atoms with E-state index >= 15 is 0 Å². The summed E-state index contributed by atoms with van der Waals surface area (Å²) in [6, 6.07) is 7.74. The first-order valence-electron chi connectivity index (χ1n) is 6.19. The summed E-state index contributed by atoms with van der Waals surface area (Å²) < 4.78 is 11.3. The monoisotopic (exact) mass is 252 g/mol. The number of hydrazine groups is 1. The summed E-state index contributed by atoms with van der Waals surface area (Å²) >= 11 is 0. The third-order valence-corrected chi connectivity index (χ3v) is 2.98. The second-order valence-corrected chi connectivity index (χ2v) is 5.11. The lowest BCUT2D eigenvalue weighted by atomic mass is 9.91. The van der Waals surface area contributed by atoms with Crippen molar-refractivity contribution in [2.24, 2.45) is 5.84 Å². The predicted molar refractivity (Wildman–Crippen MR) is 73.4 cm³/mol. The molecule has 1 aromatic rings. The van der Waals surface area contributed by atoms with Gasteiger partial charge in [0.25, 0.3) is 0 Å². The lowest BCUT2D eigenvalue weighted by molar-refractivity contribution is -0.0120. The van der Waals surface area contributed by atoms with E-state index in [0.717, 1.165) is 11.3 Å². The molecule has 4 heteroatoms. The summed E-state index contributed by atoms with van der Waals surface area (Å²) in [6.07, 6.45) is 0.121. The topological polar surface area (TPSA) is 56.5 Å². The van der Waals surface area contributed by atoms with Crippen LogP contribution in [0.2, 0.25) is 0 Å². The molecule has 0 bridgehead atoms. The summed E-state index contributed by atoms with van der Waals surface area (Å²) in [5.41, 5.74) is 3.39. The van der Waals surface area contributed by atoms with Gasteiger partial charge in [0.2, 0.25) is 0 Å². The molecule has 1 atom stereocenters. The molecule has 0 aromatic heterocycles. The van der Waals surface area contributed by atoms with Gasteiger partial charge in [-0.1, -0.05) is 18.2 Å². The van der Waals surface area contributed by atoms with Gasteiger partial charge in [0.15, 0.2) is 0 Å². The van der Waals surface area contributed by atoms with Crippen molar-refractivity contribution in [2.45, 2.75) is 45.4 Å². The number of hydrogen-bond acceptors (Lipinski definition) is 4. The SMILES string of the molecule is COC(C)(C)C(NN)c1ccccc1OC(C)C. The van der Waals surface area contributed by atoms with Crippen molar-refractivity contribution >= 4 is 0 Å². The lowest BCUT2D eigenvalue weighted by Crippen LogP contribution is -2.44. The van der Waals surface area contributed by atoms with Gasteiger partial charge in [-0.05, 0) is 33.8 Å². The minimum absolute atomic E-state index is 0.121. The molecule has 4 nitrogen and oxygen atoms in total. The predicted octanol–water partition coefficient (Wildman–Crippen LogP) is 2.40. The van der Waals surface area contributed by atoms with Gasteiger partial charge in [0.1, 0.15) is 5.75 Å². The molecule has 0 saturated heterocycles. The van der Waals surface area contributed by atoms with E-state index in [1.54, 1.807) is 7.11 Å². The van der Waals surface area contributed by atoms with E-state index in [-0.39, 0.29) is 12.1 Å². The normalized spacial score (nSPS) is 13.7. The molecule has 1 unspecified atom stereocenters. The van der Waals surface area contributed by atoms with Crippen molar-refractivity contribution in [1.82, 2.24) is 5.43 Å². The zero-order chi connectivity index (χ0) is 13.8. The maximum Gasteiger partial charge on any atom is 0.124 e. The molecular weight excluding hydrogens is 228 g/mol. The number of ether oxygens (including phenoxy) is 2. The van der Waals surface area contributed by atoms with Crippen molar-refractivity contribution in [3.63, 3.8) is 0 Å². The molecule has 0 spiro atoms. The molecular formula is C14H24N2O2. The zero-order valence-electron chi connectivity index (χ0n) is 11.9. The molecule has 0 amide bonds. The van der Waals surface area contributed by atoms with Crippen LogP contribution < -0.4 is 16.0 Å². The van der Waals surface area contributed by atoms with Crippen LogP contribution in [0, 0.1) is 0 Å². The third-order valence-electron chi connectivity index (χ3n) is 2.98. The van der Waals surface area contributed by atoms with Crippen molar-refractivity contribution in [1.29, 1.82) is 0 Å². The van der Waals surface area contributed by atoms with Crippen molar-refractivity contribution < 1.29 is 9.47 Å². The summed E-state index contributed by atoms with van der Waals surface area (Å²) in [4.78, 5) is 0. The molecule has 0 aliphatic rings. The number of nitrogens with one attached hydrogen (secondary N) is 1. The van der Waals surface area contributed by atoms with E-state index < -0.39 is 5.60 Å². The van der Waals surface area contributed by atoms with Crippen molar-refractivity contribution in [3.8, 4) is 5.75 Å². The lowest BCUT2D eigenvalue weighted by Gasteiger charge is -2.34. The van der Waals surface area contributed by atoms with Gasteiger partial charge in [-0.15, -0.1) is 0 Å². The van der Waals surface area contributed by atoms with Gasteiger partial charge < -0.3 is 9.47 Å².